The minimum absolute atomic E-state index is 0.0598. The fraction of sp³-hybridized carbons (Fsp3) is 0.571. The summed E-state index contributed by atoms with van der Waals surface area (Å²) in [6.45, 7) is 14.0. The van der Waals surface area contributed by atoms with Gasteiger partial charge in [0.2, 0.25) is 0 Å². The van der Waals surface area contributed by atoms with Gasteiger partial charge in [0, 0.05) is 6.42 Å². The number of ether oxygens (including phenoxy) is 2. The molecule has 0 saturated carbocycles. The van der Waals surface area contributed by atoms with Crippen LogP contribution < -0.4 is 5.32 Å². The number of aryl methyl sites for hydroxylation is 1. The van der Waals surface area contributed by atoms with Crippen LogP contribution in [-0.2, 0) is 19.1 Å². The first kappa shape index (κ1) is 26.9. The number of Topliss-reactive ketones (excluding diaryl/α,β-unsaturated/α-hetero) is 1. The second kappa shape index (κ2) is 14.8. The molecule has 0 spiro atoms. The SMILES string of the molecule is CC.CC(=O)CC(C)OC(=O)CNC(=O)OC(C)(C)C.Cc1ccccc1. The number of ketones is 1. The molecular weight excluding hydrogens is 346 g/mol. The molecule has 0 aliphatic heterocycles. The lowest BCUT2D eigenvalue weighted by Crippen LogP contribution is -2.36. The molecule has 154 valence electrons. The monoisotopic (exact) mass is 381 g/mol. The minimum Gasteiger partial charge on any atom is -0.461 e. The zero-order valence-electron chi connectivity index (χ0n) is 17.9. The van der Waals surface area contributed by atoms with Crippen LogP contribution in [0.3, 0.4) is 0 Å². The maximum absolute atomic E-state index is 11.3. The number of carbonyl (C=O) groups excluding carboxylic acids is 3. The molecule has 6 heteroatoms. The first-order valence-corrected chi connectivity index (χ1v) is 9.17. The lowest BCUT2D eigenvalue weighted by Gasteiger charge is -2.19. The highest BCUT2D eigenvalue weighted by Gasteiger charge is 2.17. The quantitative estimate of drug-likeness (QED) is 0.762. The van der Waals surface area contributed by atoms with Crippen molar-refractivity contribution in [3.8, 4) is 0 Å². The largest absolute Gasteiger partial charge is 0.461 e. The van der Waals surface area contributed by atoms with Crippen LogP contribution in [0, 0.1) is 6.92 Å². The van der Waals surface area contributed by atoms with E-state index < -0.39 is 23.8 Å². The van der Waals surface area contributed by atoms with Gasteiger partial charge in [0.25, 0.3) is 0 Å². The summed E-state index contributed by atoms with van der Waals surface area (Å²) in [4.78, 5) is 33.3. The Morgan fingerprint density at radius 2 is 1.59 bits per heavy atom. The van der Waals surface area contributed by atoms with Crippen LogP contribution in [0.5, 0.6) is 0 Å². The van der Waals surface area contributed by atoms with Gasteiger partial charge in [-0.1, -0.05) is 49.7 Å². The third-order valence-electron chi connectivity index (χ3n) is 2.62. The molecule has 6 nitrogen and oxygen atoms in total. The smallest absolute Gasteiger partial charge is 0.408 e. The molecule has 0 fully saturated rings. The molecule has 0 aliphatic carbocycles. The van der Waals surface area contributed by atoms with Crippen molar-refractivity contribution >= 4 is 17.8 Å². The molecule has 1 aromatic carbocycles. The standard InChI is InChI=1S/C12H21NO5.C7H8.C2H6/c1-8(14)6-9(2)17-10(15)7-13-11(16)18-12(3,4)5;1-7-5-3-2-4-6-7;1-2/h9H,6-7H2,1-5H3,(H,13,16);2-6H,1H3;1-2H3. The molecule has 0 bridgehead atoms. The maximum atomic E-state index is 11.3. The highest BCUT2D eigenvalue weighted by Crippen LogP contribution is 2.06. The van der Waals surface area contributed by atoms with Gasteiger partial charge in [-0.05, 0) is 41.5 Å². The number of esters is 1. The van der Waals surface area contributed by atoms with E-state index >= 15 is 0 Å². The minimum atomic E-state index is -0.682. The summed E-state index contributed by atoms with van der Waals surface area (Å²) in [6, 6.07) is 10.3. The zero-order chi connectivity index (χ0) is 21.5. The fourth-order valence-electron chi connectivity index (χ4n) is 1.71. The van der Waals surface area contributed by atoms with Crippen LogP contribution in [0.4, 0.5) is 4.79 Å². The molecular formula is C21H35NO5. The topological polar surface area (TPSA) is 81.7 Å². The first-order chi connectivity index (χ1) is 12.5. The van der Waals surface area contributed by atoms with Gasteiger partial charge in [0.15, 0.2) is 0 Å². The van der Waals surface area contributed by atoms with Gasteiger partial charge in [-0.15, -0.1) is 0 Å². The number of amides is 1. The third-order valence-corrected chi connectivity index (χ3v) is 2.62. The number of rotatable bonds is 5. The second-order valence-electron chi connectivity index (χ2n) is 6.72. The maximum Gasteiger partial charge on any atom is 0.408 e. The van der Waals surface area contributed by atoms with E-state index in [-0.39, 0.29) is 18.7 Å². The van der Waals surface area contributed by atoms with E-state index in [1.807, 2.05) is 32.0 Å². The van der Waals surface area contributed by atoms with Crippen molar-refractivity contribution in [2.24, 2.45) is 0 Å². The predicted molar refractivity (Wildman–Crippen MR) is 108 cm³/mol. The number of hydrogen-bond donors (Lipinski definition) is 1. The number of hydrogen-bond acceptors (Lipinski definition) is 5. The molecule has 0 heterocycles. The molecule has 1 rings (SSSR count). The van der Waals surface area contributed by atoms with E-state index in [1.165, 1.54) is 12.5 Å². The Hall–Kier alpha value is -2.37. The average molecular weight is 382 g/mol. The summed E-state index contributed by atoms with van der Waals surface area (Å²) >= 11 is 0. The Kier molecular flexibility index (Phi) is 14.7. The summed E-state index contributed by atoms with van der Waals surface area (Å²) in [5, 5.41) is 2.28. The number of carbonyl (C=O) groups is 3. The van der Waals surface area contributed by atoms with Crippen molar-refractivity contribution < 1.29 is 23.9 Å². The molecule has 0 saturated heterocycles. The average Bonchev–Trinajstić information content (AvgIpc) is 2.54. The van der Waals surface area contributed by atoms with Crippen molar-refractivity contribution in [1.29, 1.82) is 0 Å². The number of alkyl carbamates (subject to hydrolysis) is 1. The highest BCUT2D eigenvalue weighted by atomic mass is 16.6. The van der Waals surface area contributed by atoms with Gasteiger partial charge in [-0.2, -0.15) is 0 Å². The molecule has 27 heavy (non-hydrogen) atoms. The van der Waals surface area contributed by atoms with E-state index in [9.17, 15) is 14.4 Å². The molecule has 1 atom stereocenters. The van der Waals surface area contributed by atoms with Crippen LogP contribution in [0.2, 0.25) is 0 Å². The highest BCUT2D eigenvalue weighted by molar-refractivity contribution is 5.79. The lowest BCUT2D eigenvalue weighted by molar-refractivity contribution is -0.148. The van der Waals surface area contributed by atoms with Crippen molar-refractivity contribution in [3.63, 3.8) is 0 Å². The van der Waals surface area contributed by atoms with E-state index in [1.54, 1.807) is 27.7 Å². The number of nitrogens with one attached hydrogen (secondary N) is 1. The third kappa shape index (κ3) is 19.8. The normalized spacial score (nSPS) is 10.8. The van der Waals surface area contributed by atoms with E-state index in [4.69, 9.17) is 9.47 Å². The summed E-state index contributed by atoms with van der Waals surface area (Å²) in [5.74, 6) is -0.662. The summed E-state index contributed by atoms with van der Waals surface area (Å²) in [7, 11) is 0. The van der Waals surface area contributed by atoms with E-state index in [0.717, 1.165) is 0 Å². The van der Waals surface area contributed by atoms with Gasteiger partial charge < -0.3 is 14.8 Å². The molecule has 0 radical (unpaired) electrons. The zero-order valence-corrected chi connectivity index (χ0v) is 17.9. The second-order valence-corrected chi connectivity index (χ2v) is 6.72. The first-order valence-electron chi connectivity index (χ1n) is 9.17. The van der Waals surface area contributed by atoms with Crippen LogP contribution in [0.1, 0.15) is 60.5 Å². The molecule has 1 unspecified atom stereocenters. The molecule has 1 N–H and O–H groups in total. The van der Waals surface area contributed by atoms with Gasteiger partial charge in [0.1, 0.15) is 24.0 Å². The van der Waals surface area contributed by atoms with Crippen molar-refractivity contribution in [2.45, 2.75) is 73.5 Å². The Bertz CT molecular complexity index is 549. The Morgan fingerprint density at radius 3 is 1.96 bits per heavy atom. The summed E-state index contributed by atoms with van der Waals surface area (Å²) in [5.41, 5.74) is 0.707. The van der Waals surface area contributed by atoms with Crippen molar-refractivity contribution in [2.75, 3.05) is 6.54 Å². The fourth-order valence-corrected chi connectivity index (χ4v) is 1.71. The summed E-state index contributed by atoms with van der Waals surface area (Å²) in [6.07, 6.45) is -1.01. The van der Waals surface area contributed by atoms with Gasteiger partial charge in [-0.3, -0.25) is 9.59 Å². The molecule has 1 amide bonds. The summed E-state index contributed by atoms with van der Waals surface area (Å²) < 4.78 is 9.86. The predicted octanol–water partition coefficient (Wildman–Crippen LogP) is 4.44. The van der Waals surface area contributed by atoms with Crippen LogP contribution in [0.15, 0.2) is 30.3 Å². The number of benzene rings is 1. The molecule has 1 aromatic rings. The van der Waals surface area contributed by atoms with Crippen LogP contribution in [0.25, 0.3) is 0 Å². The van der Waals surface area contributed by atoms with E-state index in [0.29, 0.717) is 0 Å². The van der Waals surface area contributed by atoms with Crippen molar-refractivity contribution in [1.82, 2.24) is 5.32 Å². The van der Waals surface area contributed by atoms with Gasteiger partial charge in [0.05, 0.1) is 0 Å². The van der Waals surface area contributed by atoms with E-state index in [2.05, 4.69) is 24.4 Å². The van der Waals surface area contributed by atoms with Gasteiger partial charge >= 0.3 is 12.1 Å². The van der Waals surface area contributed by atoms with Crippen LogP contribution >= 0.6 is 0 Å². The van der Waals surface area contributed by atoms with Crippen LogP contribution in [-0.4, -0.2) is 36.1 Å². The molecule has 0 aliphatic rings. The van der Waals surface area contributed by atoms with Gasteiger partial charge in [-0.25, -0.2) is 4.79 Å². The Balaban J connectivity index is 0. The Labute approximate surface area is 163 Å². The molecule has 0 aromatic heterocycles. The Morgan fingerprint density at radius 1 is 1.07 bits per heavy atom. The lowest BCUT2D eigenvalue weighted by atomic mass is 10.2. The van der Waals surface area contributed by atoms with Crippen molar-refractivity contribution in [3.05, 3.63) is 35.9 Å².